The second kappa shape index (κ2) is 15.5. The van der Waals surface area contributed by atoms with Gasteiger partial charge in [0, 0.05) is 41.8 Å². The molecule has 59 heavy (non-hydrogen) atoms. The summed E-state index contributed by atoms with van der Waals surface area (Å²) in [5, 5.41) is 2.76. The molecule has 2 saturated carbocycles. The maximum atomic E-state index is 14.8. The number of pyridine rings is 1. The molecule has 3 amide bonds. The Morgan fingerprint density at radius 3 is 2.41 bits per heavy atom. The first-order chi connectivity index (χ1) is 27.7. The Balaban J connectivity index is 1.29. The van der Waals surface area contributed by atoms with E-state index in [1.54, 1.807) is 38.9 Å². The molecule has 14 nitrogen and oxygen atoms in total. The number of hydrogen-bond acceptors (Lipinski definition) is 12. The molecule has 318 valence electrons. The predicted molar refractivity (Wildman–Crippen MR) is 224 cm³/mol. The second-order valence-corrected chi connectivity index (χ2v) is 20.9. The zero-order valence-electron chi connectivity index (χ0n) is 35.2. The molecule has 16 heteroatoms. The third-order valence-electron chi connectivity index (χ3n) is 12.0. The number of carbonyl (C=O) groups excluding carboxylic acids is 4. The summed E-state index contributed by atoms with van der Waals surface area (Å²) in [5.41, 5.74) is 0.774. The van der Waals surface area contributed by atoms with Crippen molar-refractivity contribution in [3.8, 4) is 22.2 Å². The van der Waals surface area contributed by atoms with E-state index in [0.717, 1.165) is 11.3 Å². The summed E-state index contributed by atoms with van der Waals surface area (Å²) >= 11 is 1.47. The normalized spacial score (nSPS) is 25.6. The number of carbonyl (C=O) groups is 4. The highest BCUT2D eigenvalue weighted by Gasteiger charge is 2.63. The van der Waals surface area contributed by atoms with Gasteiger partial charge in [-0.25, -0.2) is 23.2 Å². The molecule has 0 spiro atoms. The van der Waals surface area contributed by atoms with Crippen molar-refractivity contribution >= 4 is 56.0 Å². The van der Waals surface area contributed by atoms with Crippen LogP contribution in [0.25, 0.3) is 21.6 Å². The van der Waals surface area contributed by atoms with E-state index in [0.29, 0.717) is 45.9 Å². The highest BCUT2D eigenvalue weighted by Crippen LogP contribution is 2.57. The summed E-state index contributed by atoms with van der Waals surface area (Å²) in [5.74, 6) is -1.02. The largest absolute Gasteiger partial charge is 0.496 e. The number of aromatic nitrogens is 2. The number of ether oxygens (including phenoxy) is 3. The first-order valence-electron chi connectivity index (χ1n) is 20.3. The third-order valence-corrected chi connectivity index (χ3v) is 14.7. The minimum absolute atomic E-state index is 0.0193. The van der Waals surface area contributed by atoms with Crippen LogP contribution in [0.5, 0.6) is 11.5 Å². The number of fused-ring (bicyclic) bond motifs is 2. The fourth-order valence-electron chi connectivity index (χ4n) is 8.54. The van der Waals surface area contributed by atoms with Gasteiger partial charge in [-0.15, -0.1) is 17.9 Å². The standard InChI is InChI=1S/C43H55N5O9S2/c1-11-25-18-43(25,40(51)46-59(53,54)26-12-13-26)19-32(49)30-17-35(31-20-47(41(52)57-42(7,8)9)37(23(4)5)39(50)48(30)31)56-34-16-28(38-45-29(21-58-38)22(2)3)44-36-24(6)33(55-10)15-14-27(34)36/h11,14-16,21-23,25-26,30-31,35,37H,1,12-13,17-20H2,2-10H3,(H,46,51)/t25-,30+,31-,35-,37-,43-/m1/s1. The van der Waals surface area contributed by atoms with E-state index in [9.17, 15) is 27.6 Å². The number of piperazine rings is 1. The van der Waals surface area contributed by atoms with Crippen LogP contribution < -0.4 is 14.2 Å². The summed E-state index contributed by atoms with van der Waals surface area (Å²) in [7, 11) is -2.29. The highest BCUT2D eigenvalue weighted by atomic mass is 32.2. The van der Waals surface area contributed by atoms with Crippen molar-refractivity contribution in [1.82, 2.24) is 24.5 Å². The molecular weight excluding hydrogens is 795 g/mol. The molecule has 4 fully saturated rings. The van der Waals surface area contributed by atoms with Gasteiger partial charge in [0.25, 0.3) is 0 Å². The van der Waals surface area contributed by atoms with E-state index in [-0.39, 0.29) is 37.6 Å². The molecule has 3 aromatic rings. The van der Waals surface area contributed by atoms with Gasteiger partial charge >= 0.3 is 6.09 Å². The molecule has 0 radical (unpaired) electrons. The molecule has 4 heterocycles. The fraction of sp³-hybridized carbons (Fsp3) is 0.581. The van der Waals surface area contributed by atoms with Crippen molar-refractivity contribution in [2.75, 3.05) is 13.7 Å². The van der Waals surface area contributed by atoms with Crippen molar-refractivity contribution in [1.29, 1.82) is 0 Å². The molecule has 7 rings (SSSR count). The van der Waals surface area contributed by atoms with Gasteiger partial charge in [-0.2, -0.15) is 0 Å². The maximum absolute atomic E-state index is 14.8. The van der Waals surface area contributed by atoms with Gasteiger partial charge in [-0.3, -0.25) is 24.0 Å². The summed E-state index contributed by atoms with van der Waals surface area (Å²) in [6.45, 7) is 18.9. The number of hydrogen-bond donors (Lipinski definition) is 1. The van der Waals surface area contributed by atoms with Crippen LogP contribution in [0.1, 0.15) is 97.7 Å². The van der Waals surface area contributed by atoms with Gasteiger partial charge in [-0.1, -0.05) is 33.8 Å². The number of ketones is 1. The number of thiazole rings is 1. The van der Waals surface area contributed by atoms with E-state index < -0.39 is 80.1 Å². The SMILES string of the molecule is C=C[C@@H]1C[C@]1(CC(=O)[C@@H]1C[C@@H](Oc2cc(-c3nc(C(C)C)cs3)nc3c(C)c(OC)ccc23)[C@H]2CN(C(=O)OC(C)(C)C)[C@H](C(C)C)C(=O)N21)C(=O)NS(=O)(=O)C1CC1. The molecule has 1 N–H and O–H groups in total. The van der Waals surface area contributed by atoms with Crippen molar-refractivity contribution in [3.05, 3.63) is 47.5 Å². The summed E-state index contributed by atoms with van der Waals surface area (Å²) in [6.07, 6.45) is 1.09. The van der Waals surface area contributed by atoms with Crippen LogP contribution in [0, 0.1) is 24.2 Å². The molecule has 2 aliphatic heterocycles. The van der Waals surface area contributed by atoms with Crippen LogP contribution in [-0.2, 0) is 29.1 Å². The summed E-state index contributed by atoms with van der Waals surface area (Å²) in [6, 6.07) is 2.76. The number of sulfonamides is 1. The van der Waals surface area contributed by atoms with Crippen molar-refractivity contribution in [3.63, 3.8) is 0 Å². The molecule has 0 bridgehead atoms. The van der Waals surface area contributed by atoms with E-state index in [2.05, 4.69) is 25.1 Å². The second-order valence-electron chi connectivity index (χ2n) is 18.1. The van der Waals surface area contributed by atoms with Gasteiger partial charge in [0.1, 0.15) is 39.9 Å². The van der Waals surface area contributed by atoms with Gasteiger partial charge in [0.05, 0.1) is 41.1 Å². The quantitative estimate of drug-likeness (QED) is 0.185. The highest BCUT2D eigenvalue weighted by molar-refractivity contribution is 7.90. The topological polar surface area (TPSA) is 174 Å². The Kier molecular flexibility index (Phi) is 11.2. The number of Topliss-reactive ketones (excluding diaryl/α,β-unsaturated/α-hetero) is 1. The van der Waals surface area contributed by atoms with Crippen LogP contribution in [0.15, 0.2) is 36.2 Å². The van der Waals surface area contributed by atoms with Crippen molar-refractivity contribution in [2.24, 2.45) is 17.3 Å². The molecule has 2 saturated heterocycles. The van der Waals surface area contributed by atoms with E-state index in [4.69, 9.17) is 24.2 Å². The third kappa shape index (κ3) is 8.06. The number of allylic oxidation sites excluding steroid dienone is 1. The molecule has 2 aliphatic carbocycles. The number of nitrogens with one attached hydrogen (secondary N) is 1. The maximum Gasteiger partial charge on any atom is 0.411 e. The number of aryl methyl sites for hydroxylation is 1. The van der Waals surface area contributed by atoms with Crippen LogP contribution in [0.2, 0.25) is 0 Å². The van der Waals surface area contributed by atoms with Gasteiger partial charge in [-0.05, 0) is 76.8 Å². The average Bonchev–Trinajstić information content (AvgIpc) is 4.05. The molecule has 0 unspecified atom stereocenters. The minimum Gasteiger partial charge on any atom is -0.496 e. The molecule has 1 aromatic carbocycles. The Morgan fingerprint density at radius 1 is 1.12 bits per heavy atom. The van der Waals surface area contributed by atoms with Gasteiger partial charge in [0.15, 0.2) is 5.78 Å². The van der Waals surface area contributed by atoms with E-state index in [1.165, 1.54) is 16.2 Å². The molecule has 2 aromatic heterocycles. The lowest BCUT2D eigenvalue weighted by Gasteiger charge is -2.46. The van der Waals surface area contributed by atoms with Crippen molar-refractivity contribution in [2.45, 2.75) is 128 Å². The smallest absolute Gasteiger partial charge is 0.411 e. The number of rotatable bonds is 13. The Morgan fingerprint density at radius 2 is 1.83 bits per heavy atom. The molecular formula is C43H55N5O9S2. The van der Waals surface area contributed by atoms with Gasteiger partial charge in [0.2, 0.25) is 21.8 Å². The fourth-order valence-corrected chi connectivity index (χ4v) is 10.9. The Labute approximate surface area is 350 Å². The average molecular weight is 850 g/mol. The zero-order valence-corrected chi connectivity index (χ0v) is 36.9. The lowest BCUT2D eigenvalue weighted by atomic mass is 9.91. The monoisotopic (exact) mass is 849 g/mol. The number of nitrogens with zero attached hydrogens (tertiary/aromatic N) is 4. The molecule has 4 aliphatic rings. The first kappa shape index (κ1) is 42.6. The zero-order chi connectivity index (χ0) is 42.9. The van der Waals surface area contributed by atoms with Crippen LogP contribution >= 0.6 is 11.3 Å². The lowest BCUT2D eigenvalue weighted by molar-refractivity contribution is -0.152. The number of methoxy groups -OCH3 is 1. The minimum atomic E-state index is -3.88. The van der Waals surface area contributed by atoms with Crippen molar-refractivity contribution < 1.29 is 41.8 Å². The summed E-state index contributed by atoms with van der Waals surface area (Å²) in [4.78, 5) is 70.1. The Bertz CT molecular complexity index is 2310. The number of amides is 3. The first-order valence-corrected chi connectivity index (χ1v) is 22.8. The lowest BCUT2D eigenvalue weighted by Crippen LogP contribution is -2.66. The van der Waals surface area contributed by atoms with Crippen LogP contribution in [0.4, 0.5) is 4.79 Å². The van der Waals surface area contributed by atoms with E-state index >= 15 is 0 Å². The molecule has 6 atom stereocenters. The number of benzene rings is 1. The Hall–Kier alpha value is -4.57. The summed E-state index contributed by atoms with van der Waals surface area (Å²) < 4.78 is 46.4. The van der Waals surface area contributed by atoms with E-state index in [1.807, 2.05) is 44.4 Å². The van der Waals surface area contributed by atoms with Gasteiger partial charge < -0.3 is 19.1 Å². The van der Waals surface area contributed by atoms with Crippen LogP contribution in [-0.4, -0.2) is 101 Å². The van der Waals surface area contributed by atoms with Crippen LogP contribution in [0.3, 0.4) is 0 Å². The predicted octanol–water partition coefficient (Wildman–Crippen LogP) is 6.55.